The quantitative estimate of drug-likeness (QED) is 0.452. The van der Waals surface area contributed by atoms with Crippen molar-refractivity contribution in [2.24, 2.45) is 0 Å². The molecule has 0 fully saturated rings. The van der Waals surface area contributed by atoms with E-state index in [1.54, 1.807) is 13.3 Å². The first-order chi connectivity index (χ1) is 10.2. The number of rotatable bonds is 5. The lowest BCUT2D eigenvalue weighted by Gasteiger charge is -2.03. The number of anilines is 1. The molecule has 2 aromatic heterocycles. The number of carbonyl (C=O) groups excluding carboxylic acids is 1. The van der Waals surface area contributed by atoms with E-state index >= 15 is 0 Å². The minimum atomic E-state index is 0. The van der Waals surface area contributed by atoms with Crippen molar-refractivity contribution in [2.75, 3.05) is 19.0 Å². The number of methoxy groups -OCH3 is 1. The molecule has 0 aliphatic carbocycles. The lowest BCUT2D eigenvalue weighted by Crippen LogP contribution is -3.00. The van der Waals surface area contributed by atoms with Crippen LogP contribution in [0.3, 0.4) is 0 Å². The zero-order chi connectivity index (χ0) is 14.8. The van der Waals surface area contributed by atoms with Crippen LogP contribution in [0.25, 0.3) is 10.9 Å². The van der Waals surface area contributed by atoms with Crippen LogP contribution < -0.4 is 34.0 Å². The number of nitrogens with one attached hydrogen (secondary N) is 2. The molecular formula is C15H15IN3O2S-. The van der Waals surface area contributed by atoms with Gasteiger partial charge in [0.1, 0.15) is 5.75 Å². The maximum Gasteiger partial charge on any atom is 0.184 e. The number of aryl methyl sites for hydroxylation is 1. The van der Waals surface area contributed by atoms with E-state index in [-0.39, 0.29) is 36.3 Å². The Morgan fingerprint density at radius 2 is 2.27 bits per heavy atom. The molecule has 0 aliphatic heterocycles. The molecular weight excluding hydrogens is 413 g/mol. The standard InChI is InChI=1S/C15H15N3O2S.HI/c1-9-8-21-15(18-9)17-7-14(19)12-6-16-13-4-3-10(20-2)5-11(12)13;/h3-6,8,16H,7H2,1-2H3,(H,17,18);1H/p-1. The van der Waals surface area contributed by atoms with Crippen LogP contribution in [0.2, 0.25) is 0 Å². The number of thiazole rings is 1. The van der Waals surface area contributed by atoms with Gasteiger partial charge in [-0.1, -0.05) is 0 Å². The molecule has 0 unspecified atom stereocenters. The number of ketones is 1. The van der Waals surface area contributed by atoms with E-state index in [0.29, 0.717) is 5.56 Å². The highest BCUT2D eigenvalue weighted by molar-refractivity contribution is 7.13. The second-order valence-electron chi connectivity index (χ2n) is 4.68. The minimum Gasteiger partial charge on any atom is -1.00 e. The number of nitrogens with zero attached hydrogens (tertiary/aromatic N) is 1. The Balaban J connectivity index is 0.00000176. The highest BCUT2D eigenvalue weighted by Crippen LogP contribution is 2.24. The number of ether oxygens (including phenoxy) is 1. The Bertz CT molecular complexity index is 797. The van der Waals surface area contributed by atoms with Gasteiger partial charge in [0, 0.05) is 28.0 Å². The molecule has 2 N–H and O–H groups in total. The summed E-state index contributed by atoms with van der Waals surface area (Å²) in [4.78, 5) is 19.7. The zero-order valence-electron chi connectivity index (χ0n) is 12.1. The molecule has 7 heteroatoms. The van der Waals surface area contributed by atoms with E-state index < -0.39 is 0 Å². The maximum atomic E-state index is 12.4. The summed E-state index contributed by atoms with van der Waals surface area (Å²) in [5.41, 5.74) is 2.53. The molecule has 22 heavy (non-hydrogen) atoms. The number of carbonyl (C=O) groups is 1. The average Bonchev–Trinajstić information content (AvgIpc) is 3.10. The number of hydrogen-bond donors (Lipinski definition) is 2. The monoisotopic (exact) mass is 428 g/mol. The summed E-state index contributed by atoms with van der Waals surface area (Å²) in [6.07, 6.45) is 1.74. The number of hydrogen-bond acceptors (Lipinski definition) is 5. The Morgan fingerprint density at radius 3 is 2.95 bits per heavy atom. The summed E-state index contributed by atoms with van der Waals surface area (Å²) in [5, 5.41) is 6.64. The zero-order valence-corrected chi connectivity index (χ0v) is 15.1. The van der Waals surface area contributed by atoms with E-state index in [9.17, 15) is 4.79 Å². The Labute approximate surface area is 149 Å². The first-order valence-electron chi connectivity index (χ1n) is 6.51. The second-order valence-corrected chi connectivity index (χ2v) is 5.54. The molecule has 0 saturated heterocycles. The molecule has 0 spiro atoms. The van der Waals surface area contributed by atoms with E-state index in [1.165, 1.54) is 11.3 Å². The van der Waals surface area contributed by atoms with Gasteiger partial charge in [0.15, 0.2) is 10.9 Å². The van der Waals surface area contributed by atoms with Crippen molar-refractivity contribution in [3.05, 3.63) is 41.0 Å². The van der Waals surface area contributed by atoms with Crippen molar-refractivity contribution in [2.45, 2.75) is 6.92 Å². The summed E-state index contributed by atoms with van der Waals surface area (Å²) >= 11 is 1.50. The van der Waals surface area contributed by atoms with Crippen molar-refractivity contribution >= 4 is 33.2 Å². The normalized spacial score (nSPS) is 10.3. The molecule has 0 atom stereocenters. The number of Topliss-reactive ketones (excluding diaryl/α,β-unsaturated/α-hetero) is 1. The molecule has 3 rings (SSSR count). The van der Waals surface area contributed by atoms with Crippen LogP contribution in [0.1, 0.15) is 16.1 Å². The third kappa shape index (κ3) is 3.41. The molecule has 3 aromatic rings. The van der Waals surface area contributed by atoms with Crippen molar-refractivity contribution < 1.29 is 33.5 Å². The number of halogens is 1. The molecule has 116 valence electrons. The number of aromatic amines is 1. The third-order valence-corrected chi connectivity index (χ3v) is 4.13. The summed E-state index contributed by atoms with van der Waals surface area (Å²) in [6.45, 7) is 2.15. The molecule has 0 radical (unpaired) electrons. The summed E-state index contributed by atoms with van der Waals surface area (Å²) in [7, 11) is 1.61. The van der Waals surface area contributed by atoms with Crippen molar-refractivity contribution in [3.8, 4) is 5.75 Å². The van der Waals surface area contributed by atoms with E-state index in [4.69, 9.17) is 4.74 Å². The Morgan fingerprint density at radius 1 is 1.45 bits per heavy atom. The van der Waals surface area contributed by atoms with E-state index in [1.807, 2.05) is 30.5 Å². The van der Waals surface area contributed by atoms with E-state index in [0.717, 1.165) is 27.5 Å². The molecule has 0 bridgehead atoms. The van der Waals surface area contributed by atoms with Gasteiger partial charge in [0.25, 0.3) is 0 Å². The van der Waals surface area contributed by atoms with Crippen LogP contribution in [-0.4, -0.2) is 29.4 Å². The molecule has 2 heterocycles. The number of aromatic nitrogens is 2. The van der Waals surface area contributed by atoms with Gasteiger partial charge in [-0.15, -0.1) is 11.3 Å². The van der Waals surface area contributed by atoms with Gasteiger partial charge >= 0.3 is 0 Å². The minimum absolute atomic E-state index is 0. The maximum absolute atomic E-state index is 12.4. The first-order valence-corrected chi connectivity index (χ1v) is 7.39. The highest BCUT2D eigenvalue weighted by Gasteiger charge is 2.13. The summed E-state index contributed by atoms with van der Waals surface area (Å²) in [6, 6.07) is 5.64. The van der Waals surface area contributed by atoms with Gasteiger partial charge in [-0.2, -0.15) is 0 Å². The van der Waals surface area contributed by atoms with Gasteiger partial charge < -0.3 is 39.0 Å². The number of H-pyrrole nitrogens is 1. The van der Waals surface area contributed by atoms with Crippen molar-refractivity contribution in [3.63, 3.8) is 0 Å². The van der Waals surface area contributed by atoms with Crippen LogP contribution in [-0.2, 0) is 0 Å². The molecule has 0 saturated carbocycles. The van der Waals surface area contributed by atoms with Crippen LogP contribution in [0.4, 0.5) is 5.13 Å². The third-order valence-electron chi connectivity index (χ3n) is 3.21. The van der Waals surface area contributed by atoms with Gasteiger partial charge in [-0.25, -0.2) is 4.98 Å². The van der Waals surface area contributed by atoms with Gasteiger partial charge in [0.05, 0.1) is 19.3 Å². The Hall–Kier alpha value is -1.61. The van der Waals surface area contributed by atoms with E-state index in [2.05, 4.69) is 15.3 Å². The lowest BCUT2D eigenvalue weighted by atomic mass is 10.1. The van der Waals surface area contributed by atoms with Crippen LogP contribution >= 0.6 is 11.3 Å². The average molecular weight is 428 g/mol. The summed E-state index contributed by atoms with van der Waals surface area (Å²) < 4.78 is 5.21. The predicted octanol–water partition coefficient (Wildman–Crippen LogP) is 0.240. The van der Waals surface area contributed by atoms with Crippen LogP contribution in [0.15, 0.2) is 29.8 Å². The largest absolute Gasteiger partial charge is 1.00 e. The van der Waals surface area contributed by atoms with Gasteiger partial charge in [-0.05, 0) is 25.1 Å². The topological polar surface area (TPSA) is 67.0 Å². The Kier molecular flexibility index (Phi) is 5.41. The lowest BCUT2D eigenvalue weighted by molar-refractivity contribution is -0.0000124. The number of fused-ring (bicyclic) bond motifs is 1. The van der Waals surface area contributed by atoms with Crippen LogP contribution in [0, 0.1) is 6.92 Å². The SMILES string of the molecule is COc1ccc2[nH]cc(C(=O)CNc3nc(C)cs3)c2c1.[I-]. The molecule has 5 nitrogen and oxygen atoms in total. The van der Waals surface area contributed by atoms with Gasteiger partial charge in [-0.3, -0.25) is 4.79 Å². The molecule has 0 aliphatic rings. The predicted molar refractivity (Wildman–Crippen MR) is 84.5 cm³/mol. The molecule has 1 aromatic carbocycles. The fraction of sp³-hybridized carbons (Fsp3) is 0.200. The van der Waals surface area contributed by atoms with Crippen molar-refractivity contribution in [1.29, 1.82) is 0 Å². The van der Waals surface area contributed by atoms with Gasteiger partial charge in [0.2, 0.25) is 0 Å². The first kappa shape index (κ1) is 16.8. The number of benzene rings is 1. The fourth-order valence-electron chi connectivity index (χ4n) is 2.14. The smallest absolute Gasteiger partial charge is 0.184 e. The fourth-order valence-corrected chi connectivity index (χ4v) is 2.83. The second kappa shape index (κ2) is 7.10. The summed E-state index contributed by atoms with van der Waals surface area (Å²) in [5.74, 6) is 0.752. The van der Waals surface area contributed by atoms with Crippen molar-refractivity contribution in [1.82, 2.24) is 9.97 Å². The van der Waals surface area contributed by atoms with Crippen LogP contribution in [0.5, 0.6) is 5.75 Å². The highest BCUT2D eigenvalue weighted by atomic mass is 127. The molecule has 0 amide bonds.